The Morgan fingerprint density at radius 1 is 0.328 bits per heavy atom. The Balaban J connectivity index is 4.29. The lowest BCUT2D eigenvalue weighted by atomic mass is 9.99. The van der Waals surface area contributed by atoms with E-state index in [1.54, 1.807) is 0 Å². The monoisotopic (exact) mass is 905 g/mol. The minimum absolute atomic E-state index is 0.0631. The fraction of sp³-hybridized carbons (Fsp3) is 0.948. The first-order chi connectivity index (χ1) is 31.3. The van der Waals surface area contributed by atoms with Crippen molar-refractivity contribution in [2.24, 2.45) is 11.8 Å². The van der Waals surface area contributed by atoms with E-state index >= 15 is 0 Å². The third-order valence-electron chi connectivity index (χ3n) is 13.6. The first kappa shape index (κ1) is 62.4. The maximum atomic E-state index is 12.8. The number of hydrogen-bond acceptors (Lipinski definition) is 6. The first-order valence-corrected chi connectivity index (χ1v) is 28.8. The second-order valence-electron chi connectivity index (χ2n) is 20.6. The number of rotatable bonds is 52. The lowest BCUT2D eigenvalue weighted by molar-refractivity contribution is -0.167. The van der Waals surface area contributed by atoms with Crippen molar-refractivity contribution >= 4 is 17.9 Å². The number of ether oxygens (including phenoxy) is 3. The van der Waals surface area contributed by atoms with E-state index in [0.29, 0.717) is 19.3 Å². The number of esters is 3. The third-order valence-corrected chi connectivity index (χ3v) is 13.6. The third kappa shape index (κ3) is 49.8. The van der Waals surface area contributed by atoms with Crippen molar-refractivity contribution < 1.29 is 28.6 Å². The summed E-state index contributed by atoms with van der Waals surface area (Å²) >= 11 is 0. The zero-order valence-corrected chi connectivity index (χ0v) is 43.9. The second kappa shape index (κ2) is 50.8. The van der Waals surface area contributed by atoms with E-state index in [-0.39, 0.29) is 31.1 Å². The summed E-state index contributed by atoms with van der Waals surface area (Å²) in [4.78, 5) is 38.1. The van der Waals surface area contributed by atoms with Crippen molar-refractivity contribution in [3.63, 3.8) is 0 Å². The topological polar surface area (TPSA) is 78.9 Å². The van der Waals surface area contributed by atoms with Gasteiger partial charge in [-0.3, -0.25) is 14.4 Å². The molecule has 2 atom stereocenters. The highest BCUT2D eigenvalue weighted by Gasteiger charge is 2.19. The normalized spacial score (nSPS) is 12.5. The standard InChI is InChI=1S/C58H112O6/c1-6-8-9-10-11-12-13-14-15-16-17-22-25-28-35-40-45-50-58(61)64-55(52-63-57(60)49-44-39-34-30-29-32-37-42-47-54(5)7-2)51-62-56(59)48-43-38-33-27-24-21-19-18-20-23-26-31-36-41-46-53(3)4/h53-55H,6-52H2,1-5H3/t54?,55-/m0/s1. The van der Waals surface area contributed by atoms with Crippen molar-refractivity contribution in [1.29, 1.82) is 0 Å². The van der Waals surface area contributed by atoms with Crippen LogP contribution < -0.4 is 0 Å². The SMILES string of the molecule is CCCCCCCCCCCCCCCCCCCC(=O)O[C@@H](COC(=O)CCCCCCCCCCCCCCCCC(C)C)COC(=O)CCCCCCCCCCC(C)CC. The van der Waals surface area contributed by atoms with Gasteiger partial charge in [-0.15, -0.1) is 0 Å². The van der Waals surface area contributed by atoms with E-state index in [1.807, 2.05) is 0 Å². The molecule has 6 heteroatoms. The van der Waals surface area contributed by atoms with Crippen molar-refractivity contribution in [2.75, 3.05) is 13.2 Å². The Morgan fingerprint density at radius 3 is 0.891 bits per heavy atom. The Bertz CT molecular complexity index is 980. The fourth-order valence-electron chi connectivity index (χ4n) is 8.84. The van der Waals surface area contributed by atoms with E-state index in [2.05, 4.69) is 34.6 Å². The molecule has 1 unspecified atom stereocenters. The zero-order valence-electron chi connectivity index (χ0n) is 43.9. The molecule has 64 heavy (non-hydrogen) atoms. The largest absolute Gasteiger partial charge is 0.462 e. The van der Waals surface area contributed by atoms with E-state index in [4.69, 9.17) is 14.2 Å². The molecule has 0 N–H and O–H groups in total. The molecule has 0 spiro atoms. The van der Waals surface area contributed by atoms with Crippen LogP contribution in [-0.4, -0.2) is 37.2 Å². The number of unbranched alkanes of at least 4 members (excludes halogenated alkanes) is 36. The van der Waals surface area contributed by atoms with Crippen LogP contribution in [0.15, 0.2) is 0 Å². The van der Waals surface area contributed by atoms with Gasteiger partial charge in [-0.05, 0) is 31.1 Å². The van der Waals surface area contributed by atoms with E-state index in [9.17, 15) is 14.4 Å². The van der Waals surface area contributed by atoms with Crippen LogP contribution in [0.4, 0.5) is 0 Å². The summed E-state index contributed by atoms with van der Waals surface area (Å²) in [6.45, 7) is 11.4. The summed E-state index contributed by atoms with van der Waals surface area (Å²) < 4.78 is 16.9. The molecular weight excluding hydrogens is 793 g/mol. The van der Waals surface area contributed by atoms with Crippen LogP contribution in [0.2, 0.25) is 0 Å². The molecule has 0 fully saturated rings. The Morgan fingerprint density at radius 2 is 0.594 bits per heavy atom. The average molecular weight is 906 g/mol. The summed E-state index contributed by atoms with van der Waals surface area (Å²) in [6.07, 6.45) is 53.7. The smallest absolute Gasteiger partial charge is 0.306 e. The molecule has 0 saturated carbocycles. The molecule has 0 heterocycles. The van der Waals surface area contributed by atoms with Gasteiger partial charge in [-0.25, -0.2) is 0 Å². The number of carbonyl (C=O) groups is 3. The predicted octanol–water partition coefficient (Wildman–Crippen LogP) is 18.9. The fourth-order valence-corrected chi connectivity index (χ4v) is 8.84. The van der Waals surface area contributed by atoms with Crippen molar-refractivity contribution in [2.45, 2.75) is 330 Å². The summed E-state index contributed by atoms with van der Waals surface area (Å²) in [5.41, 5.74) is 0. The molecule has 0 saturated heterocycles. The molecule has 0 radical (unpaired) electrons. The van der Waals surface area contributed by atoms with Gasteiger partial charge in [0.05, 0.1) is 0 Å². The van der Waals surface area contributed by atoms with E-state index < -0.39 is 6.10 Å². The highest BCUT2D eigenvalue weighted by atomic mass is 16.6. The van der Waals surface area contributed by atoms with Crippen LogP contribution in [0.3, 0.4) is 0 Å². The molecule has 0 aliphatic heterocycles. The summed E-state index contributed by atoms with van der Waals surface area (Å²) in [5.74, 6) is 0.851. The van der Waals surface area contributed by atoms with Crippen LogP contribution in [0.5, 0.6) is 0 Å². The van der Waals surface area contributed by atoms with Crippen LogP contribution >= 0.6 is 0 Å². The second-order valence-corrected chi connectivity index (χ2v) is 20.6. The predicted molar refractivity (Wildman–Crippen MR) is 275 cm³/mol. The van der Waals surface area contributed by atoms with Crippen molar-refractivity contribution in [3.05, 3.63) is 0 Å². The minimum atomic E-state index is -0.763. The Hall–Kier alpha value is -1.59. The number of hydrogen-bond donors (Lipinski definition) is 0. The van der Waals surface area contributed by atoms with Crippen molar-refractivity contribution in [3.8, 4) is 0 Å². The van der Waals surface area contributed by atoms with Crippen LogP contribution in [0.25, 0.3) is 0 Å². The van der Waals surface area contributed by atoms with Gasteiger partial charge in [0.2, 0.25) is 0 Å². The summed E-state index contributed by atoms with van der Waals surface area (Å²) in [5, 5.41) is 0. The van der Waals surface area contributed by atoms with E-state index in [1.165, 1.54) is 212 Å². The number of carbonyl (C=O) groups excluding carboxylic acids is 3. The Kier molecular flexibility index (Phi) is 49.6. The lowest BCUT2D eigenvalue weighted by Crippen LogP contribution is -2.30. The molecule has 6 nitrogen and oxygen atoms in total. The molecular formula is C58H112O6. The van der Waals surface area contributed by atoms with Gasteiger partial charge < -0.3 is 14.2 Å². The van der Waals surface area contributed by atoms with Crippen molar-refractivity contribution in [1.82, 2.24) is 0 Å². The molecule has 0 aromatic rings. The maximum Gasteiger partial charge on any atom is 0.306 e. The quantitative estimate of drug-likeness (QED) is 0.0344. The van der Waals surface area contributed by atoms with E-state index in [0.717, 1.165) is 69.6 Å². The minimum Gasteiger partial charge on any atom is -0.462 e. The van der Waals surface area contributed by atoms with Crippen LogP contribution in [-0.2, 0) is 28.6 Å². The molecule has 0 bridgehead atoms. The highest BCUT2D eigenvalue weighted by Crippen LogP contribution is 2.18. The molecule has 0 aromatic heterocycles. The van der Waals surface area contributed by atoms with Crippen LogP contribution in [0.1, 0.15) is 324 Å². The first-order valence-electron chi connectivity index (χ1n) is 28.8. The molecule has 0 amide bonds. The maximum absolute atomic E-state index is 12.8. The lowest BCUT2D eigenvalue weighted by Gasteiger charge is -2.18. The molecule has 380 valence electrons. The van der Waals surface area contributed by atoms with Gasteiger partial charge in [-0.2, -0.15) is 0 Å². The Labute approximate surface area is 399 Å². The van der Waals surface area contributed by atoms with Gasteiger partial charge in [0, 0.05) is 19.3 Å². The molecule has 0 aliphatic rings. The van der Waals surface area contributed by atoms with Gasteiger partial charge in [-0.1, -0.05) is 285 Å². The summed E-state index contributed by atoms with van der Waals surface area (Å²) in [7, 11) is 0. The zero-order chi connectivity index (χ0) is 46.8. The van der Waals surface area contributed by atoms with Gasteiger partial charge in [0.25, 0.3) is 0 Å². The summed E-state index contributed by atoms with van der Waals surface area (Å²) in [6, 6.07) is 0. The molecule has 0 rings (SSSR count). The molecule has 0 aromatic carbocycles. The average Bonchev–Trinajstić information content (AvgIpc) is 3.28. The van der Waals surface area contributed by atoms with Gasteiger partial charge in [0.1, 0.15) is 13.2 Å². The highest BCUT2D eigenvalue weighted by molar-refractivity contribution is 5.71. The molecule has 0 aliphatic carbocycles. The van der Waals surface area contributed by atoms with Gasteiger partial charge in [0.15, 0.2) is 6.10 Å². The van der Waals surface area contributed by atoms with Crippen LogP contribution in [0, 0.1) is 11.8 Å². The van der Waals surface area contributed by atoms with Gasteiger partial charge >= 0.3 is 17.9 Å².